The fourth-order valence-electron chi connectivity index (χ4n) is 12.8. The summed E-state index contributed by atoms with van der Waals surface area (Å²) in [6.45, 7) is 9.21. The average Bonchev–Trinajstić information content (AvgIpc) is 4.08. The van der Waals surface area contributed by atoms with Crippen molar-refractivity contribution in [2.45, 2.75) is 71.6 Å². The molecule has 0 unspecified atom stereocenters. The Morgan fingerprint density at radius 3 is 1.45 bits per heavy atom. The first-order valence-electron chi connectivity index (χ1n) is 27.5. The number of rotatable bonds is 11. The number of ether oxygens (including phenoxy) is 1. The quantitative estimate of drug-likeness (QED) is 0.0952. The summed E-state index contributed by atoms with van der Waals surface area (Å²) < 4.78 is 12.4. The van der Waals surface area contributed by atoms with E-state index in [4.69, 9.17) is 4.74 Å². The average molecular weight is 982 g/mol. The summed E-state index contributed by atoms with van der Waals surface area (Å²) in [6.07, 6.45) is 7.02. The van der Waals surface area contributed by atoms with Gasteiger partial charge in [-0.1, -0.05) is 199 Å². The Labute approximate surface area is 446 Å². The second-order valence-electron chi connectivity index (χ2n) is 22.2. The Hall–Kier alpha value is -8.54. The predicted molar refractivity (Wildman–Crippen MR) is 323 cm³/mol. The zero-order chi connectivity index (χ0) is 51.1. The van der Waals surface area contributed by atoms with Gasteiger partial charge >= 0.3 is 0 Å². The van der Waals surface area contributed by atoms with Crippen molar-refractivity contribution in [2.24, 2.45) is 0 Å². The normalized spacial score (nSPS) is 12.8. The first-order chi connectivity index (χ1) is 37.3. The van der Waals surface area contributed by atoms with E-state index < -0.39 is 0 Å². The van der Waals surface area contributed by atoms with Gasteiger partial charge in [-0.2, -0.15) is 0 Å². The number of aryl methyl sites for hydroxylation is 1. The number of aromatic nitrogens is 2. The van der Waals surface area contributed by atoms with Crippen molar-refractivity contribution in [3.63, 3.8) is 0 Å². The third-order valence-corrected chi connectivity index (χ3v) is 16.4. The van der Waals surface area contributed by atoms with Crippen molar-refractivity contribution < 1.29 is 4.74 Å². The summed E-state index contributed by atoms with van der Waals surface area (Å²) >= 11 is 0. The third-order valence-electron chi connectivity index (χ3n) is 16.4. The van der Waals surface area contributed by atoms with E-state index in [1.54, 1.807) is 0 Å². The number of hydrogen-bond donors (Lipinski definition) is 0. The molecule has 368 valence electrons. The molecule has 14 rings (SSSR count). The second-order valence-corrected chi connectivity index (χ2v) is 22.2. The van der Waals surface area contributed by atoms with Gasteiger partial charge in [-0.3, -0.25) is 0 Å². The largest absolute Gasteiger partial charge is 0.458 e. The third kappa shape index (κ3) is 7.50. The summed E-state index contributed by atoms with van der Waals surface area (Å²) in [5.74, 6) is 1.84. The predicted octanol–water partition coefficient (Wildman–Crippen LogP) is 17.4. The van der Waals surface area contributed by atoms with Gasteiger partial charge in [-0.15, -0.1) is 0 Å². The van der Waals surface area contributed by atoms with Gasteiger partial charge < -0.3 is 18.8 Å². The molecule has 4 heterocycles. The van der Waals surface area contributed by atoms with E-state index in [1.165, 1.54) is 136 Å². The maximum Gasteiger partial charge on any atom is 0.256 e. The lowest BCUT2D eigenvalue weighted by Crippen LogP contribution is -2.59. The Bertz CT molecular complexity index is 4050. The highest BCUT2D eigenvalue weighted by atomic mass is 16.5. The molecule has 4 nitrogen and oxygen atoms in total. The van der Waals surface area contributed by atoms with Crippen LogP contribution in [0.25, 0.3) is 77.2 Å². The van der Waals surface area contributed by atoms with Crippen LogP contribution in [0.1, 0.15) is 70.9 Å². The van der Waals surface area contributed by atoms with Crippen LogP contribution in [0, 0.1) is 0 Å². The zero-order valence-corrected chi connectivity index (χ0v) is 43.9. The monoisotopic (exact) mass is 981 g/mol. The lowest BCUT2D eigenvalue weighted by Gasteiger charge is -2.42. The van der Waals surface area contributed by atoms with Crippen LogP contribution >= 0.6 is 0 Å². The van der Waals surface area contributed by atoms with E-state index in [2.05, 4.69) is 260 Å². The molecule has 0 radical (unpaired) electrons. The smallest absolute Gasteiger partial charge is 0.256 e. The second kappa shape index (κ2) is 18.4. The molecule has 2 aliphatic rings. The number of para-hydroxylation sites is 4. The Kier molecular flexibility index (Phi) is 11.1. The lowest BCUT2D eigenvalue weighted by atomic mass is 9.34. The summed E-state index contributed by atoms with van der Waals surface area (Å²) in [5.41, 5.74) is 21.3. The molecule has 0 fully saturated rings. The summed E-state index contributed by atoms with van der Waals surface area (Å²) in [7, 11) is 0. The van der Waals surface area contributed by atoms with Gasteiger partial charge in [-0.05, 0) is 124 Å². The number of fused-ring (bicyclic) bond motifs is 10. The maximum atomic E-state index is 7.50. The fraction of sp³-hybridized carbons (Fsp3) is 0.155. The molecule has 76 heavy (non-hydrogen) atoms. The van der Waals surface area contributed by atoms with Crippen molar-refractivity contribution in [1.82, 2.24) is 9.13 Å². The van der Waals surface area contributed by atoms with Crippen molar-refractivity contribution >= 4 is 83.8 Å². The highest BCUT2D eigenvalue weighted by Gasteiger charge is 2.44. The Morgan fingerprint density at radius 2 is 0.921 bits per heavy atom. The van der Waals surface area contributed by atoms with Crippen molar-refractivity contribution in [2.75, 3.05) is 4.90 Å². The molecule has 0 amide bonds. The van der Waals surface area contributed by atoms with Crippen LogP contribution in [-0.2, 0) is 11.8 Å². The highest BCUT2D eigenvalue weighted by Crippen LogP contribution is 2.51. The fourth-order valence-corrected chi connectivity index (χ4v) is 12.8. The number of unbranched alkanes of at least 4 members (excludes halogenated alkanes) is 4. The molecule has 0 N–H and O–H groups in total. The topological polar surface area (TPSA) is 22.3 Å². The SMILES string of the molecule is CCCCCCCc1cc2c3c(c1)N(c1c(-c4ccccc4)cc(C(C)(C)C)cc1-c1ccccc1)c1cc(-n4c5ccccc5c5ccccc54)ccc1B3c1ccc(-n3c4ccccc4c4ccccc43)cc1O2. The molecule has 10 aromatic carbocycles. The molecule has 0 spiro atoms. The van der Waals surface area contributed by atoms with Gasteiger partial charge in [0.15, 0.2) is 0 Å². The van der Waals surface area contributed by atoms with E-state index >= 15 is 0 Å². The van der Waals surface area contributed by atoms with Gasteiger partial charge in [0.05, 0.1) is 27.8 Å². The minimum atomic E-state index is -0.118. The first-order valence-corrected chi connectivity index (χ1v) is 27.5. The summed E-state index contributed by atoms with van der Waals surface area (Å²) in [5, 5.41) is 4.99. The molecular formula is C71H60BN3O. The maximum absolute atomic E-state index is 7.50. The molecule has 2 aliphatic heterocycles. The van der Waals surface area contributed by atoms with Gasteiger partial charge in [0, 0.05) is 61.5 Å². The molecule has 0 saturated carbocycles. The van der Waals surface area contributed by atoms with E-state index in [-0.39, 0.29) is 12.1 Å². The van der Waals surface area contributed by atoms with Crippen LogP contribution in [0.2, 0.25) is 0 Å². The van der Waals surface area contributed by atoms with Crippen LogP contribution < -0.4 is 26.0 Å². The molecule has 0 atom stereocenters. The van der Waals surface area contributed by atoms with Gasteiger partial charge in [0.1, 0.15) is 11.5 Å². The van der Waals surface area contributed by atoms with Crippen molar-refractivity contribution in [1.29, 1.82) is 0 Å². The van der Waals surface area contributed by atoms with Crippen molar-refractivity contribution in [3.05, 3.63) is 230 Å². The molecule has 0 saturated heterocycles. The zero-order valence-electron chi connectivity index (χ0n) is 43.9. The highest BCUT2D eigenvalue weighted by molar-refractivity contribution is 6.99. The molecular weight excluding hydrogens is 922 g/mol. The number of anilines is 3. The van der Waals surface area contributed by atoms with Gasteiger partial charge in [-0.25, -0.2) is 0 Å². The van der Waals surface area contributed by atoms with E-state index in [0.717, 1.165) is 35.7 Å². The van der Waals surface area contributed by atoms with Crippen LogP contribution in [-0.4, -0.2) is 15.8 Å². The Balaban J connectivity index is 1.08. The summed E-state index contributed by atoms with van der Waals surface area (Å²) in [4.78, 5) is 2.65. The van der Waals surface area contributed by atoms with Crippen LogP contribution in [0.3, 0.4) is 0 Å². The van der Waals surface area contributed by atoms with Crippen LogP contribution in [0.5, 0.6) is 11.5 Å². The Morgan fingerprint density at radius 1 is 0.434 bits per heavy atom. The van der Waals surface area contributed by atoms with E-state index in [0.29, 0.717) is 0 Å². The minimum absolute atomic E-state index is 0.104. The number of hydrogen-bond acceptors (Lipinski definition) is 2. The standard InChI is InChI=1S/C71H60BN3O/c1-5-6-7-8-11-24-47-41-66-69-68(42-47)76-67-46-52(74-63-35-22-18-31-55(63)56-32-19-23-36-64(56)74)38-40-60(67)72(69)59-39-37-51(73-61-33-20-16-29-53(61)54-30-17-21-34-62(54)73)45-65(59)75(66)70-57(48-25-12-9-13-26-48)43-50(71(2,3)4)44-58(70)49-27-14-10-15-28-49/h9-10,12-23,25-46H,5-8,11,24H2,1-4H3. The van der Waals surface area contributed by atoms with Gasteiger partial charge in [0.25, 0.3) is 6.71 Å². The van der Waals surface area contributed by atoms with Crippen molar-refractivity contribution in [3.8, 4) is 45.1 Å². The lowest BCUT2D eigenvalue weighted by molar-refractivity contribution is 0.486. The van der Waals surface area contributed by atoms with Crippen LogP contribution in [0.4, 0.5) is 17.1 Å². The first kappa shape index (κ1) is 46.0. The van der Waals surface area contributed by atoms with E-state index in [1.807, 2.05) is 0 Å². The molecule has 5 heteroatoms. The summed E-state index contributed by atoms with van der Waals surface area (Å²) in [6, 6.07) is 81.6. The molecule has 0 aliphatic carbocycles. The molecule has 12 aromatic rings. The van der Waals surface area contributed by atoms with E-state index in [9.17, 15) is 0 Å². The molecule has 2 aromatic heterocycles. The molecule has 0 bridgehead atoms. The number of nitrogens with zero attached hydrogens (tertiary/aromatic N) is 3. The van der Waals surface area contributed by atoms with Gasteiger partial charge in [0.2, 0.25) is 0 Å². The number of benzene rings is 10. The van der Waals surface area contributed by atoms with Crippen LogP contribution in [0.15, 0.2) is 218 Å². The minimum Gasteiger partial charge on any atom is -0.458 e.